The van der Waals surface area contributed by atoms with Gasteiger partial charge in [-0.1, -0.05) is 48.5 Å². The predicted octanol–water partition coefficient (Wildman–Crippen LogP) is 3.97. The number of benzene rings is 3. The molecule has 1 N–H and O–H groups in total. The van der Waals surface area contributed by atoms with E-state index < -0.39 is 16.1 Å². The molecule has 0 saturated heterocycles. The number of nitrogens with zero attached hydrogens (tertiary/aromatic N) is 1. The minimum absolute atomic E-state index is 0.166. The van der Waals surface area contributed by atoms with Crippen LogP contribution in [0.15, 0.2) is 89.8 Å². The molecule has 6 heteroatoms. The molecule has 0 unspecified atom stereocenters. The number of methoxy groups -OCH3 is 1. The number of para-hydroxylation sites is 1. The highest BCUT2D eigenvalue weighted by Gasteiger charge is 2.27. The monoisotopic (exact) mass is 393 g/mol. The minimum atomic E-state index is -3.89. The largest absolute Gasteiger partial charge is 0.497 e. The normalized spacial score (nSPS) is 12.8. The van der Waals surface area contributed by atoms with E-state index in [0.29, 0.717) is 16.8 Å². The smallest absolute Gasteiger partial charge is 0.268 e. The van der Waals surface area contributed by atoms with Gasteiger partial charge in [0.25, 0.3) is 10.0 Å². The molecule has 0 aliphatic heterocycles. The fraction of sp³-hybridized carbons (Fsp3) is 0.0909. The van der Waals surface area contributed by atoms with Crippen LogP contribution in [0, 0.1) is 0 Å². The maximum absolute atomic E-state index is 13.4. The van der Waals surface area contributed by atoms with Crippen molar-refractivity contribution in [2.24, 2.45) is 0 Å². The first-order valence-electron chi connectivity index (χ1n) is 8.75. The fourth-order valence-corrected chi connectivity index (χ4v) is 4.83. The van der Waals surface area contributed by atoms with Gasteiger partial charge in [0.15, 0.2) is 0 Å². The summed E-state index contributed by atoms with van der Waals surface area (Å²) in [6.07, 6.45) is -1.11. The minimum Gasteiger partial charge on any atom is -0.497 e. The summed E-state index contributed by atoms with van der Waals surface area (Å²) in [6.45, 7) is 0. The quantitative estimate of drug-likeness (QED) is 0.557. The molecule has 1 aromatic heterocycles. The molecule has 0 bridgehead atoms. The van der Waals surface area contributed by atoms with Crippen molar-refractivity contribution in [3.8, 4) is 5.75 Å². The van der Waals surface area contributed by atoms with Crippen LogP contribution in [0.5, 0.6) is 5.75 Å². The van der Waals surface area contributed by atoms with Crippen LogP contribution in [-0.2, 0) is 10.0 Å². The van der Waals surface area contributed by atoms with Crippen LogP contribution < -0.4 is 4.74 Å². The number of ether oxygens (including phenoxy) is 1. The Morgan fingerprint density at radius 3 is 2.21 bits per heavy atom. The summed E-state index contributed by atoms with van der Waals surface area (Å²) in [6, 6.07) is 24.0. The maximum atomic E-state index is 13.4. The number of rotatable bonds is 5. The van der Waals surface area contributed by atoms with Crippen molar-refractivity contribution in [2.75, 3.05) is 7.11 Å². The SMILES string of the molecule is COc1ccc([C@@H](O)c2cc3ccccc3n2S(=O)(=O)c2ccccc2)cc1. The number of aromatic nitrogens is 1. The number of fused-ring (bicyclic) bond motifs is 1. The highest BCUT2D eigenvalue weighted by molar-refractivity contribution is 7.90. The van der Waals surface area contributed by atoms with E-state index in [0.717, 1.165) is 5.39 Å². The van der Waals surface area contributed by atoms with E-state index in [1.807, 2.05) is 12.1 Å². The first-order valence-corrected chi connectivity index (χ1v) is 10.2. The van der Waals surface area contributed by atoms with Crippen LogP contribution in [-0.4, -0.2) is 24.6 Å². The Kier molecular flexibility index (Phi) is 4.66. The van der Waals surface area contributed by atoms with Crippen LogP contribution in [0.1, 0.15) is 17.4 Å². The lowest BCUT2D eigenvalue weighted by atomic mass is 10.1. The van der Waals surface area contributed by atoms with Crippen molar-refractivity contribution in [3.05, 3.63) is 96.2 Å². The third kappa shape index (κ3) is 3.06. The molecule has 142 valence electrons. The van der Waals surface area contributed by atoms with Gasteiger partial charge < -0.3 is 9.84 Å². The molecule has 5 nitrogen and oxygen atoms in total. The number of aliphatic hydroxyl groups is 1. The van der Waals surface area contributed by atoms with E-state index >= 15 is 0 Å². The standard InChI is InChI=1S/C22H19NO4S/c1-27-18-13-11-16(12-14-18)22(24)21-15-17-7-5-6-10-20(17)23(21)28(25,26)19-8-3-2-4-9-19/h2-15,22,24H,1H3/t22-/m1/s1. The predicted molar refractivity (Wildman–Crippen MR) is 108 cm³/mol. The molecule has 0 saturated carbocycles. The van der Waals surface area contributed by atoms with Gasteiger partial charge in [0.05, 0.1) is 23.2 Å². The number of aliphatic hydroxyl groups excluding tert-OH is 1. The van der Waals surface area contributed by atoms with Crippen LogP contribution >= 0.6 is 0 Å². The van der Waals surface area contributed by atoms with E-state index in [1.54, 1.807) is 79.9 Å². The van der Waals surface area contributed by atoms with Gasteiger partial charge in [0.2, 0.25) is 0 Å². The van der Waals surface area contributed by atoms with E-state index in [2.05, 4.69) is 0 Å². The average Bonchev–Trinajstić information content (AvgIpc) is 3.14. The number of hydrogen-bond donors (Lipinski definition) is 1. The van der Waals surface area contributed by atoms with Gasteiger partial charge >= 0.3 is 0 Å². The second-order valence-electron chi connectivity index (χ2n) is 6.39. The molecule has 4 rings (SSSR count). The summed E-state index contributed by atoms with van der Waals surface area (Å²) in [5, 5.41) is 11.8. The second-order valence-corrected chi connectivity index (χ2v) is 8.17. The van der Waals surface area contributed by atoms with Crippen molar-refractivity contribution in [1.82, 2.24) is 3.97 Å². The highest BCUT2D eigenvalue weighted by atomic mass is 32.2. The van der Waals surface area contributed by atoms with E-state index in [9.17, 15) is 13.5 Å². The first-order chi connectivity index (χ1) is 13.5. The fourth-order valence-electron chi connectivity index (χ4n) is 3.26. The zero-order valence-electron chi connectivity index (χ0n) is 15.2. The van der Waals surface area contributed by atoms with Crippen LogP contribution in [0.25, 0.3) is 10.9 Å². The Balaban J connectivity index is 1.93. The summed E-state index contributed by atoms with van der Waals surface area (Å²) < 4.78 is 33.2. The Morgan fingerprint density at radius 1 is 0.893 bits per heavy atom. The summed E-state index contributed by atoms with van der Waals surface area (Å²) in [4.78, 5) is 0.166. The Morgan fingerprint density at radius 2 is 1.54 bits per heavy atom. The van der Waals surface area contributed by atoms with Gasteiger partial charge in [-0.3, -0.25) is 0 Å². The van der Waals surface area contributed by atoms with Gasteiger partial charge in [-0.2, -0.15) is 0 Å². The third-order valence-corrected chi connectivity index (χ3v) is 6.44. The average molecular weight is 393 g/mol. The maximum Gasteiger partial charge on any atom is 0.268 e. The lowest BCUT2D eigenvalue weighted by Crippen LogP contribution is -2.18. The van der Waals surface area contributed by atoms with Gasteiger partial charge in [-0.05, 0) is 42.0 Å². The molecule has 1 heterocycles. The summed E-state index contributed by atoms with van der Waals surface area (Å²) >= 11 is 0. The molecule has 0 spiro atoms. The molecule has 4 aromatic rings. The highest BCUT2D eigenvalue weighted by Crippen LogP contribution is 2.32. The number of hydrogen-bond acceptors (Lipinski definition) is 4. The van der Waals surface area contributed by atoms with E-state index in [1.165, 1.54) is 3.97 Å². The van der Waals surface area contributed by atoms with Crippen molar-refractivity contribution in [1.29, 1.82) is 0 Å². The third-order valence-electron chi connectivity index (χ3n) is 4.69. The van der Waals surface area contributed by atoms with Crippen molar-refractivity contribution < 1.29 is 18.3 Å². The molecule has 0 aliphatic rings. The van der Waals surface area contributed by atoms with Gasteiger partial charge in [0, 0.05) is 5.39 Å². The molecule has 28 heavy (non-hydrogen) atoms. The van der Waals surface area contributed by atoms with E-state index in [4.69, 9.17) is 4.74 Å². The Labute approximate surface area is 163 Å². The molecule has 0 fully saturated rings. The Hall–Kier alpha value is -3.09. The second kappa shape index (κ2) is 7.14. The molecule has 1 atom stereocenters. The summed E-state index contributed by atoms with van der Waals surface area (Å²) in [5.41, 5.74) is 1.39. The lowest BCUT2D eigenvalue weighted by Gasteiger charge is -2.16. The van der Waals surface area contributed by atoms with Gasteiger partial charge in [-0.15, -0.1) is 0 Å². The van der Waals surface area contributed by atoms with Gasteiger partial charge in [0.1, 0.15) is 11.9 Å². The zero-order chi connectivity index (χ0) is 19.7. The molecule has 3 aromatic carbocycles. The topological polar surface area (TPSA) is 68.5 Å². The first kappa shape index (κ1) is 18.3. The van der Waals surface area contributed by atoms with Crippen molar-refractivity contribution in [3.63, 3.8) is 0 Å². The van der Waals surface area contributed by atoms with E-state index in [-0.39, 0.29) is 10.6 Å². The summed E-state index contributed by atoms with van der Waals surface area (Å²) in [5.74, 6) is 0.661. The summed E-state index contributed by atoms with van der Waals surface area (Å²) in [7, 11) is -2.32. The zero-order valence-corrected chi connectivity index (χ0v) is 16.0. The molecular formula is C22H19NO4S. The van der Waals surface area contributed by atoms with Crippen LogP contribution in [0.2, 0.25) is 0 Å². The lowest BCUT2D eigenvalue weighted by molar-refractivity contribution is 0.214. The Bertz CT molecular complexity index is 1210. The molecule has 0 amide bonds. The molecule has 0 aliphatic carbocycles. The molecule has 0 radical (unpaired) electrons. The van der Waals surface area contributed by atoms with Crippen molar-refractivity contribution >= 4 is 20.9 Å². The van der Waals surface area contributed by atoms with Crippen LogP contribution in [0.4, 0.5) is 0 Å². The van der Waals surface area contributed by atoms with Gasteiger partial charge in [-0.25, -0.2) is 12.4 Å². The van der Waals surface area contributed by atoms with Crippen molar-refractivity contribution in [2.45, 2.75) is 11.0 Å². The molecular weight excluding hydrogens is 374 g/mol. The van der Waals surface area contributed by atoms with Crippen LogP contribution in [0.3, 0.4) is 0 Å².